The van der Waals surface area contributed by atoms with Gasteiger partial charge >= 0.3 is 5.97 Å². The molecule has 2 rings (SSSR count). The third-order valence-electron chi connectivity index (χ3n) is 3.43. The van der Waals surface area contributed by atoms with Crippen molar-refractivity contribution in [1.29, 1.82) is 0 Å². The number of benzene rings is 2. The predicted octanol–water partition coefficient (Wildman–Crippen LogP) is 2.67. The van der Waals surface area contributed by atoms with Gasteiger partial charge in [-0.2, -0.15) is 0 Å². The number of nitrogens with two attached hydrogens (primary N) is 1. The summed E-state index contributed by atoms with van der Waals surface area (Å²) >= 11 is 0. The molecule has 2 aromatic carbocycles. The van der Waals surface area contributed by atoms with E-state index in [9.17, 15) is 14.0 Å². The Morgan fingerprint density at radius 1 is 1.08 bits per heavy atom. The maximum Gasteiger partial charge on any atom is 0.357 e. The van der Waals surface area contributed by atoms with Crippen molar-refractivity contribution in [2.45, 2.75) is 13.8 Å². The smallest absolute Gasteiger partial charge is 0.357 e. The molecule has 7 heteroatoms. The van der Waals surface area contributed by atoms with Crippen LogP contribution in [0, 0.1) is 12.7 Å². The van der Waals surface area contributed by atoms with Crippen molar-refractivity contribution in [2.24, 2.45) is 5.73 Å². The van der Waals surface area contributed by atoms with Crippen molar-refractivity contribution in [2.75, 3.05) is 11.9 Å². The molecule has 0 aromatic heterocycles. The second-order valence-electron chi connectivity index (χ2n) is 5.46. The minimum atomic E-state index is -0.762. The van der Waals surface area contributed by atoms with Gasteiger partial charge in [-0.1, -0.05) is 17.7 Å². The number of esters is 1. The van der Waals surface area contributed by atoms with E-state index in [1.165, 1.54) is 24.3 Å². The summed E-state index contributed by atoms with van der Waals surface area (Å²) in [6.07, 6.45) is 0. The summed E-state index contributed by atoms with van der Waals surface area (Å²) in [5.41, 5.74) is 7.46. The summed E-state index contributed by atoms with van der Waals surface area (Å²) < 4.78 is 17.9. The van der Waals surface area contributed by atoms with Gasteiger partial charge in [-0.3, -0.25) is 4.79 Å². The van der Waals surface area contributed by atoms with Crippen LogP contribution in [0.2, 0.25) is 0 Å². The van der Waals surface area contributed by atoms with Gasteiger partial charge in [0.15, 0.2) is 5.70 Å². The molecule has 2 aromatic rings. The second kappa shape index (κ2) is 8.66. The maximum absolute atomic E-state index is 13.0. The van der Waals surface area contributed by atoms with Gasteiger partial charge in [0.25, 0.3) is 5.91 Å². The molecule has 0 aliphatic rings. The second-order valence-corrected chi connectivity index (χ2v) is 5.46. The fourth-order valence-electron chi connectivity index (χ4n) is 2.05. The number of anilines is 1. The molecule has 0 aliphatic heterocycles. The number of nitrogens with one attached hydrogen (secondary N) is 2. The zero-order valence-electron chi connectivity index (χ0n) is 14.5. The molecular weight excluding hydrogens is 337 g/mol. The lowest BCUT2D eigenvalue weighted by Crippen LogP contribution is -2.33. The third kappa shape index (κ3) is 5.07. The number of halogens is 1. The Balaban J connectivity index is 2.28. The number of hydrogen-bond donors (Lipinski definition) is 3. The van der Waals surface area contributed by atoms with Crippen molar-refractivity contribution in [3.8, 4) is 0 Å². The van der Waals surface area contributed by atoms with Gasteiger partial charge in [0.1, 0.15) is 11.6 Å². The molecule has 136 valence electrons. The van der Waals surface area contributed by atoms with Crippen LogP contribution in [-0.2, 0) is 9.53 Å². The highest BCUT2D eigenvalue weighted by molar-refractivity contribution is 5.97. The average molecular weight is 357 g/mol. The first kappa shape index (κ1) is 19.0. The molecule has 4 N–H and O–H groups in total. The molecule has 0 fully saturated rings. The molecule has 0 atom stereocenters. The standard InChI is InChI=1S/C19H20FN3O3/c1-3-26-19(25)16(21)17(22-15-10-4-12(2)5-11-15)23-18(24)13-6-8-14(20)9-7-13/h4-11,22H,3,21H2,1-2H3,(H,23,24)/b17-16+. The predicted molar refractivity (Wildman–Crippen MR) is 96.5 cm³/mol. The summed E-state index contributed by atoms with van der Waals surface area (Å²) in [5.74, 6) is -1.78. The minimum Gasteiger partial charge on any atom is -0.461 e. The largest absolute Gasteiger partial charge is 0.461 e. The minimum absolute atomic E-state index is 0.0124. The van der Waals surface area contributed by atoms with Crippen molar-refractivity contribution in [3.05, 3.63) is 77.0 Å². The Morgan fingerprint density at radius 2 is 1.69 bits per heavy atom. The fourth-order valence-corrected chi connectivity index (χ4v) is 2.05. The first-order valence-corrected chi connectivity index (χ1v) is 7.98. The van der Waals surface area contributed by atoms with E-state index < -0.39 is 17.7 Å². The van der Waals surface area contributed by atoms with Gasteiger partial charge in [0.05, 0.1) is 6.61 Å². The van der Waals surface area contributed by atoms with Gasteiger partial charge in [0, 0.05) is 11.3 Å². The topological polar surface area (TPSA) is 93.4 Å². The highest BCUT2D eigenvalue weighted by Gasteiger charge is 2.17. The molecule has 0 bridgehead atoms. The first-order valence-electron chi connectivity index (χ1n) is 7.98. The van der Waals surface area contributed by atoms with Crippen LogP contribution in [0.3, 0.4) is 0 Å². The molecule has 0 unspecified atom stereocenters. The Bertz CT molecular complexity index is 815. The quantitative estimate of drug-likeness (QED) is 0.546. The first-order chi connectivity index (χ1) is 12.4. The van der Waals surface area contributed by atoms with Crippen molar-refractivity contribution >= 4 is 17.6 Å². The number of rotatable bonds is 6. The molecule has 0 saturated carbocycles. The number of ether oxygens (including phenoxy) is 1. The molecule has 26 heavy (non-hydrogen) atoms. The number of carbonyl (C=O) groups is 2. The Labute approximate surface area is 150 Å². The zero-order chi connectivity index (χ0) is 19.1. The van der Waals surface area contributed by atoms with E-state index in [1.54, 1.807) is 19.1 Å². The summed E-state index contributed by atoms with van der Waals surface area (Å²) in [5, 5.41) is 5.44. The average Bonchev–Trinajstić information content (AvgIpc) is 2.63. The van der Waals surface area contributed by atoms with Gasteiger partial charge in [-0.25, -0.2) is 9.18 Å². The highest BCUT2D eigenvalue weighted by atomic mass is 19.1. The SMILES string of the molecule is CCOC(=O)/C(N)=C(\NC(=O)c1ccc(F)cc1)Nc1ccc(C)cc1. The maximum atomic E-state index is 13.0. The normalized spacial score (nSPS) is 11.3. The van der Waals surface area contributed by atoms with E-state index in [2.05, 4.69) is 10.6 Å². The number of amides is 1. The molecular formula is C19H20FN3O3. The monoisotopic (exact) mass is 357 g/mol. The van der Waals surface area contributed by atoms with Crippen LogP contribution in [-0.4, -0.2) is 18.5 Å². The van der Waals surface area contributed by atoms with Crippen LogP contribution in [0.4, 0.5) is 10.1 Å². The molecule has 0 spiro atoms. The lowest BCUT2D eigenvalue weighted by molar-refractivity contribution is -0.138. The van der Waals surface area contributed by atoms with Crippen molar-refractivity contribution < 1.29 is 18.7 Å². The van der Waals surface area contributed by atoms with Gasteiger partial charge in [0.2, 0.25) is 0 Å². The van der Waals surface area contributed by atoms with E-state index >= 15 is 0 Å². The zero-order valence-corrected chi connectivity index (χ0v) is 14.5. The Morgan fingerprint density at radius 3 is 2.27 bits per heavy atom. The summed E-state index contributed by atoms with van der Waals surface area (Å²) in [6.45, 7) is 3.72. The lowest BCUT2D eigenvalue weighted by Gasteiger charge is -2.15. The molecule has 6 nitrogen and oxygen atoms in total. The summed E-state index contributed by atoms with van der Waals surface area (Å²) in [6, 6.07) is 12.3. The van der Waals surface area contributed by atoms with E-state index in [0.29, 0.717) is 5.69 Å². The van der Waals surface area contributed by atoms with Crippen LogP contribution < -0.4 is 16.4 Å². The molecule has 0 radical (unpaired) electrons. The number of aryl methyl sites for hydroxylation is 1. The molecule has 0 saturated heterocycles. The summed E-state index contributed by atoms with van der Waals surface area (Å²) in [7, 11) is 0. The highest BCUT2D eigenvalue weighted by Crippen LogP contribution is 2.13. The van der Waals surface area contributed by atoms with Crippen LogP contribution >= 0.6 is 0 Å². The van der Waals surface area contributed by atoms with Crippen LogP contribution in [0.1, 0.15) is 22.8 Å². The fraction of sp³-hybridized carbons (Fsp3) is 0.158. The molecule has 1 amide bonds. The van der Waals surface area contributed by atoms with Crippen LogP contribution in [0.25, 0.3) is 0 Å². The molecule has 0 aliphatic carbocycles. The van der Waals surface area contributed by atoms with Gasteiger partial charge in [-0.05, 0) is 50.2 Å². The summed E-state index contributed by atoms with van der Waals surface area (Å²) in [4.78, 5) is 24.3. The van der Waals surface area contributed by atoms with E-state index in [4.69, 9.17) is 10.5 Å². The Hall–Kier alpha value is -3.35. The van der Waals surface area contributed by atoms with E-state index in [-0.39, 0.29) is 23.7 Å². The number of carbonyl (C=O) groups excluding carboxylic acids is 2. The third-order valence-corrected chi connectivity index (χ3v) is 3.43. The van der Waals surface area contributed by atoms with Crippen LogP contribution in [0.15, 0.2) is 60.0 Å². The van der Waals surface area contributed by atoms with Gasteiger partial charge in [-0.15, -0.1) is 0 Å². The lowest BCUT2D eigenvalue weighted by atomic mass is 10.2. The number of hydrogen-bond acceptors (Lipinski definition) is 5. The van der Waals surface area contributed by atoms with Crippen molar-refractivity contribution in [1.82, 2.24) is 5.32 Å². The Kier molecular flexibility index (Phi) is 6.32. The van der Waals surface area contributed by atoms with E-state index in [1.807, 2.05) is 19.1 Å². The van der Waals surface area contributed by atoms with Gasteiger partial charge < -0.3 is 21.1 Å². The van der Waals surface area contributed by atoms with Crippen molar-refractivity contribution in [3.63, 3.8) is 0 Å². The van der Waals surface area contributed by atoms with E-state index in [0.717, 1.165) is 5.56 Å². The van der Waals surface area contributed by atoms with Crippen LogP contribution in [0.5, 0.6) is 0 Å². The molecule has 0 heterocycles.